The zero-order valence-electron chi connectivity index (χ0n) is 16.0. The van der Waals surface area contributed by atoms with Gasteiger partial charge in [0.25, 0.3) is 0 Å². The van der Waals surface area contributed by atoms with Crippen molar-refractivity contribution in [1.29, 1.82) is 0 Å². The molecule has 6 heteroatoms. The Bertz CT molecular complexity index is 648. The number of rotatable bonds is 7. The highest BCUT2D eigenvalue weighted by molar-refractivity contribution is 5.88. The number of carbonyl (C=O) groups is 3. The van der Waals surface area contributed by atoms with Crippen LogP contribution in [0.5, 0.6) is 0 Å². The second kappa shape index (κ2) is 9.75. The number of amides is 2. The average molecular weight is 360 g/mol. The molecule has 2 amide bonds. The van der Waals surface area contributed by atoms with Crippen molar-refractivity contribution in [3.8, 4) is 0 Å². The van der Waals surface area contributed by atoms with Gasteiger partial charge in [0.1, 0.15) is 11.6 Å². The molecule has 0 heterocycles. The molecule has 2 atom stereocenters. The van der Waals surface area contributed by atoms with E-state index in [9.17, 15) is 14.4 Å². The molecule has 6 nitrogen and oxygen atoms in total. The summed E-state index contributed by atoms with van der Waals surface area (Å²) in [6.45, 7) is 8.46. The van der Waals surface area contributed by atoms with Crippen LogP contribution in [-0.4, -0.2) is 35.5 Å². The second-order valence-electron chi connectivity index (χ2n) is 7.16. The lowest BCUT2D eigenvalue weighted by Gasteiger charge is -2.24. The molecule has 1 aromatic carbocycles. The van der Waals surface area contributed by atoms with Gasteiger partial charge in [-0.3, -0.25) is 9.59 Å². The number of ketones is 1. The van der Waals surface area contributed by atoms with Crippen molar-refractivity contribution in [2.75, 3.05) is 0 Å². The van der Waals surface area contributed by atoms with Crippen LogP contribution in [0.25, 0.3) is 0 Å². The van der Waals surface area contributed by atoms with Crippen molar-refractivity contribution in [3.63, 3.8) is 0 Å². The number of hydrogen-bond acceptors (Lipinski definition) is 4. The summed E-state index contributed by atoms with van der Waals surface area (Å²) in [5.74, 6) is -0.445. The molecule has 0 bridgehead atoms. The molecule has 1 aromatic rings. The van der Waals surface area contributed by atoms with Gasteiger partial charge in [0.05, 0.1) is 0 Å². The first-order valence-corrected chi connectivity index (χ1v) is 8.59. The Morgan fingerprint density at radius 2 is 1.73 bits per heavy atom. The standard InChI is InChI=1S/C20H28N2O4/c1-14(11-12-15(2)23)21-18(24)17(13-16-9-7-6-8-10-16)22-19(25)26-20(3,4)5/h6-12,14,17H,13H2,1-5H3,(H,21,24)(H,22,25)/b12-11+/t14-,17-/m0/s1. The largest absolute Gasteiger partial charge is 0.444 e. The minimum atomic E-state index is -0.791. The summed E-state index contributed by atoms with van der Waals surface area (Å²) < 4.78 is 5.25. The maximum Gasteiger partial charge on any atom is 0.408 e. The van der Waals surface area contributed by atoms with E-state index < -0.39 is 17.7 Å². The van der Waals surface area contributed by atoms with E-state index in [0.717, 1.165) is 5.56 Å². The summed E-state index contributed by atoms with van der Waals surface area (Å²) in [7, 11) is 0. The van der Waals surface area contributed by atoms with E-state index in [1.54, 1.807) is 33.8 Å². The van der Waals surface area contributed by atoms with Crippen LogP contribution in [0, 0.1) is 0 Å². The highest BCUT2D eigenvalue weighted by Gasteiger charge is 2.25. The molecule has 142 valence electrons. The maximum atomic E-state index is 12.6. The van der Waals surface area contributed by atoms with Crippen molar-refractivity contribution in [1.82, 2.24) is 10.6 Å². The van der Waals surface area contributed by atoms with E-state index in [-0.39, 0.29) is 17.7 Å². The normalized spacial score (nSPS) is 13.7. The fourth-order valence-corrected chi connectivity index (χ4v) is 2.16. The number of ether oxygens (including phenoxy) is 1. The lowest BCUT2D eigenvalue weighted by Crippen LogP contribution is -2.50. The Balaban J connectivity index is 2.83. The maximum absolute atomic E-state index is 12.6. The molecule has 0 radical (unpaired) electrons. The van der Waals surface area contributed by atoms with E-state index >= 15 is 0 Å². The number of benzene rings is 1. The Labute approximate surface area is 155 Å². The number of alkyl carbamates (subject to hydrolysis) is 1. The van der Waals surface area contributed by atoms with Gasteiger partial charge in [-0.05, 0) is 46.3 Å². The third kappa shape index (κ3) is 9.01. The van der Waals surface area contributed by atoms with Crippen LogP contribution in [0.4, 0.5) is 4.79 Å². The van der Waals surface area contributed by atoms with Crippen LogP contribution < -0.4 is 10.6 Å². The molecule has 0 unspecified atom stereocenters. The summed E-state index contributed by atoms with van der Waals surface area (Å²) in [5, 5.41) is 5.40. The molecule has 0 aliphatic rings. The first kappa shape index (κ1) is 21.4. The molecular weight excluding hydrogens is 332 g/mol. The molecule has 0 aliphatic heterocycles. The first-order chi connectivity index (χ1) is 12.1. The van der Waals surface area contributed by atoms with Crippen LogP contribution in [0.2, 0.25) is 0 Å². The minimum absolute atomic E-state index is 0.0983. The highest BCUT2D eigenvalue weighted by atomic mass is 16.6. The second-order valence-corrected chi connectivity index (χ2v) is 7.16. The number of hydrogen-bond donors (Lipinski definition) is 2. The first-order valence-electron chi connectivity index (χ1n) is 8.59. The quantitative estimate of drug-likeness (QED) is 0.732. The molecule has 26 heavy (non-hydrogen) atoms. The molecular formula is C20H28N2O4. The number of carbonyl (C=O) groups excluding carboxylic acids is 3. The Morgan fingerprint density at radius 1 is 1.12 bits per heavy atom. The summed E-state index contributed by atoms with van der Waals surface area (Å²) in [6.07, 6.45) is 2.68. The van der Waals surface area contributed by atoms with Gasteiger partial charge in [-0.15, -0.1) is 0 Å². The molecule has 0 aliphatic carbocycles. The van der Waals surface area contributed by atoms with Crippen molar-refractivity contribution in [3.05, 3.63) is 48.0 Å². The van der Waals surface area contributed by atoms with Crippen LogP contribution in [0.15, 0.2) is 42.5 Å². The molecule has 0 saturated carbocycles. The van der Waals surface area contributed by atoms with E-state index in [4.69, 9.17) is 4.74 Å². The van der Waals surface area contributed by atoms with E-state index in [1.165, 1.54) is 13.0 Å². The topological polar surface area (TPSA) is 84.5 Å². The summed E-state index contributed by atoms with van der Waals surface area (Å²) in [5.41, 5.74) is 0.255. The average Bonchev–Trinajstić information content (AvgIpc) is 2.51. The fraction of sp³-hybridized carbons (Fsp3) is 0.450. The SMILES string of the molecule is CC(=O)/C=C/[C@H](C)NC(=O)[C@H](Cc1ccccc1)NC(=O)OC(C)(C)C. The van der Waals surface area contributed by atoms with Crippen molar-refractivity contribution < 1.29 is 19.1 Å². The lowest BCUT2D eigenvalue weighted by molar-refractivity contribution is -0.123. The van der Waals surface area contributed by atoms with Gasteiger partial charge >= 0.3 is 6.09 Å². The van der Waals surface area contributed by atoms with Crippen LogP contribution in [0.1, 0.15) is 40.2 Å². The van der Waals surface area contributed by atoms with E-state index in [1.807, 2.05) is 30.3 Å². The van der Waals surface area contributed by atoms with Crippen LogP contribution >= 0.6 is 0 Å². The number of allylic oxidation sites excluding steroid dienone is 1. The van der Waals surface area contributed by atoms with Gasteiger partial charge in [0, 0.05) is 12.5 Å². The minimum Gasteiger partial charge on any atom is -0.444 e. The molecule has 0 saturated heterocycles. The monoisotopic (exact) mass is 360 g/mol. The lowest BCUT2D eigenvalue weighted by atomic mass is 10.0. The van der Waals surface area contributed by atoms with Gasteiger partial charge < -0.3 is 15.4 Å². The predicted molar refractivity (Wildman–Crippen MR) is 101 cm³/mol. The van der Waals surface area contributed by atoms with Crippen LogP contribution in [-0.2, 0) is 20.7 Å². The van der Waals surface area contributed by atoms with Crippen molar-refractivity contribution >= 4 is 17.8 Å². The zero-order chi connectivity index (χ0) is 19.7. The van der Waals surface area contributed by atoms with E-state index in [2.05, 4.69) is 10.6 Å². The van der Waals surface area contributed by atoms with Gasteiger partial charge in [-0.25, -0.2) is 4.79 Å². The highest BCUT2D eigenvalue weighted by Crippen LogP contribution is 2.09. The van der Waals surface area contributed by atoms with Gasteiger partial charge in [-0.1, -0.05) is 36.4 Å². The molecule has 0 fully saturated rings. The fourth-order valence-electron chi connectivity index (χ4n) is 2.16. The van der Waals surface area contributed by atoms with Gasteiger partial charge in [-0.2, -0.15) is 0 Å². The van der Waals surface area contributed by atoms with Crippen molar-refractivity contribution in [2.24, 2.45) is 0 Å². The third-order valence-corrected chi connectivity index (χ3v) is 3.28. The van der Waals surface area contributed by atoms with Crippen LogP contribution in [0.3, 0.4) is 0 Å². The predicted octanol–water partition coefficient (Wildman–Crippen LogP) is 2.77. The summed E-state index contributed by atoms with van der Waals surface area (Å²) in [4.78, 5) is 35.7. The summed E-state index contributed by atoms with van der Waals surface area (Å²) >= 11 is 0. The third-order valence-electron chi connectivity index (χ3n) is 3.28. The van der Waals surface area contributed by atoms with Gasteiger partial charge in [0.15, 0.2) is 5.78 Å². The Kier molecular flexibility index (Phi) is 8.03. The molecule has 2 N–H and O–H groups in total. The van der Waals surface area contributed by atoms with Gasteiger partial charge in [0.2, 0.25) is 5.91 Å². The molecule has 0 spiro atoms. The molecule has 1 rings (SSSR count). The zero-order valence-corrected chi connectivity index (χ0v) is 16.0. The Morgan fingerprint density at radius 3 is 2.27 bits per heavy atom. The van der Waals surface area contributed by atoms with E-state index in [0.29, 0.717) is 6.42 Å². The number of nitrogens with one attached hydrogen (secondary N) is 2. The van der Waals surface area contributed by atoms with Crippen molar-refractivity contribution in [2.45, 2.75) is 58.7 Å². The summed E-state index contributed by atoms with van der Waals surface area (Å²) in [6, 6.07) is 8.26. The smallest absolute Gasteiger partial charge is 0.408 e. The Hall–Kier alpha value is -2.63. The molecule has 0 aromatic heterocycles.